The van der Waals surface area contributed by atoms with Crippen molar-refractivity contribution in [1.82, 2.24) is 0 Å². The Balaban J connectivity index is 2.04. The molecule has 18 heavy (non-hydrogen) atoms. The normalized spacial score (nSPS) is 17.1. The summed E-state index contributed by atoms with van der Waals surface area (Å²) >= 11 is 0. The molecule has 1 aliphatic heterocycles. The van der Waals surface area contributed by atoms with Gasteiger partial charge in [0.05, 0.1) is 37.5 Å². The lowest BCUT2D eigenvalue weighted by Crippen LogP contribution is -2.50. The Bertz CT molecular complexity index is 397. The van der Waals surface area contributed by atoms with Crippen LogP contribution in [0.5, 0.6) is 5.75 Å². The number of nitrogens with one attached hydrogen (secondary N) is 1. The van der Waals surface area contributed by atoms with E-state index < -0.39 is 0 Å². The zero-order valence-electron chi connectivity index (χ0n) is 11.0. The molecule has 1 saturated heterocycles. The molecule has 0 bridgehead atoms. The van der Waals surface area contributed by atoms with Gasteiger partial charge in [0.1, 0.15) is 5.75 Å². The van der Waals surface area contributed by atoms with E-state index in [2.05, 4.69) is 5.32 Å². The Morgan fingerprint density at radius 1 is 1.44 bits per heavy atom. The highest BCUT2D eigenvalue weighted by Gasteiger charge is 2.37. The van der Waals surface area contributed by atoms with Crippen LogP contribution in [-0.2, 0) is 4.74 Å². The van der Waals surface area contributed by atoms with Gasteiger partial charge < -0.3 is 19.9 Å². The smallest absolute Gasteiger partial charge is 0.142 e. The molecule has 0 aliphatic carbocycles. The molecule has 1 heterocycles. The van der Waals surface area contributed by atoms with E-state index in [1.54, 1.807) is 0 Å². The Morgan fingerprint density at radius 2 is 2.22 bits per heavy atom. The molecule has 2 N–H and O–H groups in total. The van der Waals surface area contributed by atoms with Crippen LogP contribution in [0.15, 0.2) is 18.2 Å². The highest BCUT2D eigenvalue weighted by molar-refractivity contribution is 5.57. The van der Waals surface area contributed by atoms with Gasteiger partial charge >= 0.3 is 0 Å². The van der Waals surface area contributed by atoms with Crippen LogP contribution in [0, 0.1) is 12.3 Å². The average molecular weight is 251 g/mol. The zero-order valence-corrected chi connectivity index (χ0v) is 11.0. The van der Waals surface area contributed by atoms with Gasteiger partial charge in [0.25, 0.3) is 0 Å². The summed E-state index contributed by atoms with van der Waals surface area (Å²) in [5.41, 5.74) is 2.02. The summed E-state index contributed by atoms with van der Waals surface area (Å²) in [7, 11) is 0. The first kappa shape index (κ1) is 13.2. The topological polar surface area (TPSA) is 50.7 Å². The monoisotopic (exact) mass is 251 g/mol. The van der Waals surface area contributed by atoms with E-state index in [9.17, 15) is 5.11 Å². The molecular formula is C14H21NO3. The minimum Gasteiger partial charge on any atom is -0.492 e. The number of anilines is 1. The highest BCUT2D eigenvalue weighted by Crippen LogP contribution is 2.30. The van der Waals surface area contributed by atoms with Gasteiger partial charge in [-0.1, -0.05) is 6.07 Å². The Kier molecular flexibility index (Phi) is 4.09. The quantitative estimate of drug-likeness (QED) is 0.809. The number of hydrogen-bond acceptors (Lipinski definition) is 4. The maximum Gasteiger partial charge on any atom is 0.142 e. The lowest BCUT2D eigenvalue weighted by molar-refractivity contribution is -0.128. The van der Waals surface area contributed by atoms with Crippen LogP contribution in [0.2, 0.25) is 0 Å². The second kappa shape index (κ2) is 5.59. The van der Waals surface area contributed by atoms with Crippen LogP contribution in [-0.4, -0.2) is 38.1 Å². The number of hydrogen-bond donors (Lipinski definition) is 2. The Labute approximate surface area is 108 Å². The van der Waals surface area contributed by atoms with Gasteiger partial charge in [0.15, 0.2) is 0 Å². The summed E-state index contributed by atoms with van der Waals surface area (Å²) in [5, 5.41) is 12.7. The average Bonchev–Trinajstić information content (AvgIpc) is 2.31. The first-order valence-electron chi connectivity index (χ1n) is 6.35. The minimum absolute atomic E-state index is 0.131. The molecule has 1 aromatic carbocycles. The molecule has 0 aromatic heterocycles. The third kappa shape index (κ3) is 2.76. The molecule has 1 fully saturated rings. The number of aliphatic hydroxyl groups excluding tert-OH is 1. The van der Waals surface area contributed by atoms with E-state index >= 15 is 0 Å². The largest absolute Gasteiger partial charge is 0.492 e. The third-order valence-electron chi connectivity index (χ3n) is 3.24. The lowest BCUT2D eigenvalue weighted by atomic mass is 9.87. The van der Waals surface area contributed by atoms with Crippen LogP contribution >= 0.6 is 0 Å². The van der Waals surface area contributed by atoms with E-state index in [0.717, 1.165) is 11.4 Å². The SMILES string of the molecule is CCOc1cc(C)ccc1NCC1(CO)COC1. The molecule has 0 unspecified atom stereocenters. The van der Waals surface area contributed by atoms with Crippen molar-refractivity contribution in [2.24, 2.45) is 5.41 Å². The Morgan fingerprint density at radius 3 is 2.78 bits per heavy atom. The van der Waals surface area contributed by atoms with Crippen LogP contribution < -0.4 is 10.1 Å². The maximum absolute atomic E-state index is 9.38. The summed E-state index contributed by atoms with van der Waals surface area (Å²) in [6.45, 7) is 6.75. The molecule has 4 heteroatoms. The van der Waals surface area contributed by atoms with Crippen molar-refractivity contribution in [2.45, 2.75) is 13.8 Å². The van der Waals surface area contributed by atoms with Crippen LogP contribution in [0.25, 0.3) is 0 Å². The van der Waals surface area contributed by atoms with Gasteiger partial charge in [-0.25, -0.2) is 0 Å². The number of aryl methyl sites for hydroxylation is 1. The summed E-state index contributed by atoms with van der Waals surface area (Å²) < 4.78 is 10.8. The third-order valence-corrected chi connectivity index (χ3v) is 3.24. The van der Waals surface area contributed by atoms with Crippen LogP contribution in [0.1, 0.15) is 12.5 Å². The van der Waals surface area contributed by atoms with E-state index in [0.29, 0.717) is 26.4 Å². The number of aliphatic hydroxyl groups is 1. The molecule has 100 valence electrons. The van der Waals surface area contributed by atoms with Crippen molar-refractivity contribution in [2.75, 3.05) is 38.3 Å². The number of ether oxygens (including phenoxy) is 2. The summed E-state index contributed by atoms with van der Waals surface area (Å²) in [5.74, 6) is 0.867. The summed E-state index contributed by atoms with van der Waals surface area (Å²) in [6.07, 6.45) is 0. The summed E-state index contributed by atoms with van der Waals surface area (Å²) in [6, 6.07) is 6.09. The van der Waals surface area contributed by atoms with Crippen molar-refractivity contribution in [3.8, 4) is 5.75 Å². The fraction of sp³-hybridized carbons (Fsp3) is 0.571. The first-order chi connectivity index (χ1) is 8.69. The van der Waals surface area contributed by atoms with Crippen molar-refractivity contribution in [1.29, 1.82) is 0 Å². The molecule has 0 radical (unpaired) electrons. The molecule has 0 atom stereocenters. The van der Waals surface area contributed by atoms with Gasteiger partial charge in [-0.3, -0.25) is 0 Å². The van der Waals surface area contributed by atoms with Crippen molar-refractivity contribution in [3.05, 3.63) is 23.8 Å². The van der Waals surface area contributed by atoms with Crippen molar-refractivity contribution >= 4 is 5.69 Å². The minimum atomic E-state index is -0.131. The molecule has 2 rings (SSSR count). The van der Waals surface area contributed by atoms with Crippen LogP contribution in [0.4, 0.5) is 5.69 Å². The van der Waals surface area contributed by atoms with Gasteiger partial charge in [0, 0.05) is 6.54 Å². The second-order valence-electron chi connectivity index (χ2n) is 4.94. The molecule has 1 aromatic rings. The van der Waals surface area contributed by atoms with E-state index in [-0.39, 0.29) is 12.0 Å². The van der Waals surface area contributed by atoms with Gasteiger partial charge in [-0.2, -0.15) is 0 Å². The van der Waals surface area contributed by atoms with Crippen molar-refractivity contribution in [3.63, 3.8) is 0 Å². The number of rotatable bonds is 6. The molecule has 0 saturated carbocycles. The second-order valence-corrected chi connectivity index (χ2v) is 4.94. The molecule has 1 aliphatic rings. The molecule has 0 amide bonds. The fourth-order valence-corrected chi connectivity index (χ4v) is 1.97. The fourth-order valence-electron chi connectivity index (χ4n) is 1.97. The van der Waals surface area contributed by atoms with Gasteiger partial charge in [-0.05, 0) is 31.5 Å². The zero-order chi connectivity index (χ0) is 13.0. The van der Waals surface area contributed by atoms with Gasteiger partial charge in [0.2, 0.25) is 0 Å². The summed E-state index contributed by atoms with van der Waals surface area (Å²) in [4.78, 5) is 0. The molecule has 0 spiro atoms. The Hall–Kier alpha value is -1.26. The van der Waals surface area contributed by atoms with Crippen LogP contribution in [0.3, 0.4) is 0 Å². The lowest BCUT2D eigenvalue weighted by Gasteiger charge is -2.40. The predicted molar refractivity (Wildman–Crippen MR) is 71.2 cm³/mol. The van der Waals surface area contributed by atoms with E-state index in [1.165, 1.54) is 5.56 Å². The van der Waals surface area contributed by atoms with E-state index in [1.807, 2.05) is 32.0 Å². The van der Waals surface area contributed by atoms with E-state index in [4.69, 9.17) is 9.47 Å². The van der Waals surface area contributed by atoms with Crippen molar-refractivity contribution < 1.29 is 14.6 Å². The maximum atomic E-state index is 9.38. The first-order valence-corrected chi connectivity index (χ1v) is 6.35. The standard InChI is InChI=1S/C14H21NO3/c1-3-18-13-6-11(2)4-5-12(13)15-7-14(8-16)9-17-10-14/h4-6,15-16H,3,7-10H2,1-2H3. The van der Waals surface area contributed by atoms with Gasteiger partial charge in [-0.15, -0.1) is 0 Å². The molecule has 4 nitrogen and oxygen atoms in total. The molecular weight excluding hydrogens is 230 g/mol. The highest BCUT2D eigenvalue weighted by atomic mass is 16.5. The number of benzene rings is 1. The predicted octanol–water partition coefficient (Wildman–Crippen LogP) is 1.81.